The van der Waals surface area contributed by atoms with Crippen LogP contribution in [0.5, 0.6) is 0 Å². The molecule has 0 amide bonds. The van der Waals surface area contributed by atoms with E-state index in [0.29, 0.717) is 15.6 Å². The minimum absolute atomic E-state index is 0.258. The lowest BCUT2D eigenvalue weighted by molar-refractivity contribution is 0.602. The predicted octanol–water partition coefficient (Wildman–Crippen LogP) is 4.21. The highest BCUT2D eigenvalue weighted by Gasteiger charge is 2.07. The highest BCUT2D eigenvalue weighted by atomic mass is 35.5. The minimum Gasteiger partial charge on any atom is -0.397 e. The third-order valence-electron chi connectivity index (χ3n) is 2.07. The number of nitrogens with two attached hydrogens (primary N) is 1. The van der Waals surface area contributed by atoms with Crippen LogP contribution >= 0.6 is 23.4 Å². The predicted molar refractivity (Wildman–Crippen MR) is 66.4 cm³/mol. The maximum atomic E-state index is 13.4. The SMILES string of the molecule is Nc1c(Cl)cccc1Sc1ccccc1F. The van der Waals surface area contributed by atoms with Gasteiger partial charge in [-0.3, -0.25) is 0 Å². The number of anilines is 1. The molecule has 0 saturated carbocycles. The molecule has 82 valence electrons. The first-order chi connectivity index (χ1) is 7.68. The topological polar surface area (TPSA) is 26.0 Å². The molecule has 0 aliphatic heterocycles. The normalized spacial score (nSPS) is 10.4. The Morgan fingerprint density at radius 2 is 1.69 bits per heavy atom. The molecule has 0 radical (unpaired) electrons. The van der Waals surface area contributed by atoms with Gasteiger partial charge in [0, 0.05) is 9.79 Å². The third-order valence-corrected chi connectivity index (χ3v) is 3.53. The number of nitrogen functional groups attached to an aromatic ring is 1. The van der Waals surface area contributed by atoms with Crippen molar-refractivity contribution in [2.24, 2.45) is 0 Å². The lowest BCUT2D eigenvalue weighted by Crippen LogP contribution is -1.90. The van der Waals surface area contributed by atoms with Gasteiger partial charge in [-0.1, -0.05) is 41.6 Å². The van der Waals surface area contributed by atoms with Crippen molar-refractivity contribution in [3.63, 3.8) is 0 Å². The van der Waals surface area contributed by atoms with E-state index in [1.807, 2.05) is 6.07 Å². The first-order valence-electron chi connectivity index (χ1n) is 4.65. The van der Waals surface area contributed by atoms with Gasteiger partial charge in [-0.15, -0.1) is 0 Å². The van der Waals surface area contributed by atoms with Gasteiger partial charge in [-0.2, -0.15) is 0 Å². The van der Waals surface area contributed by atoms with Gasteiger partial charge in [0.2, 0.25) is 0 Å². The number of halogens is 2. The first-order valence-corrected chi connectivity index (χ1v) is 5.84. The molecule has 0 saturated heterocycles. The van der Waals surface area contributed by atoms with E-state index in [9.17, 15) is 4.39 Å². The standard InChI is InChI=1S/C12H9ClFNS/c13-8-4-3-7-11(12(8)15)16-10-6-2-1-5-9(10)14/h1-7H,15H2. The van der Waals surface area contributed by atoms with Gasteiger partial charge in [0.25, 0.3) is 0 Å². The van der Waals surface area contributed by atoms with Crippen molar-refractivity contribution < 1.29 is 4.39 Å². The van der Waals surface area contributed by atoms with E-state index in [-0.39, 0.29) is 5.82 Å². The summed E-state index contributed by atoms with van der Waals surface area (Å²) in [5.41, 5.74) is 6.29. The van der Waals surface area contributed by atoms with Crippen molar-refractivity contribution in [3.8, 4) is 0 Å². The Hall–Kier alpha value is -1.19. The van der Waals surface area contributed by atoms with Crippen LogP contribution in [0.2, 0.25) is 5.02 Å². The molecule has 1 nitrogen and oxygen atoms in total. The lowest BCUT2D eigenvalue weighted by atomic mass is 10.3. The van der Waals surface area contributed by atoms with Gasteiger partial charge in [0.15, 0.2) is 0 Å². The lowest BCUT2D eigenvalue weighted by Gasteiger charge is -2.07. The Morgan fingerprint density at radius 3 is 2.44 bits per heavy atom. The second-order valence-electron chi connectivity index (χ2n) is 3.18. The van der Waals surface area contributed by atoms with Crippen LogP contribution in [0, 0.1) is 5.82 Å². The fraction of sp³-hybridized carbons (Fsp3) is 0. The minimum atomic E-state index is -0.258. The summed E-state index contributed by atoms with van der Waals surface area (Å²) in [6, 6.07) is 11.9. The Kier molecular flexibility index (Phi) is 3.36. The molecule has 0 spiro atoms. The molecule has 4 heteroatoms. The molecule has 0 bridgehead atoms. The van der Waals surface area contributed by atoms with Crippen LogP contribution in [0.15, 0.2) is 52.3 Å². The zero-order valence-electron chi connectivity index (χ0n) is 8.28. The van der Waals surface area contributed by atoms with Crippen molar-refractivity contribution in [1.82, 2.24) is 0 Å². The quantitative estimate of drug-likeness (QED) is 0.812. The van der Waals surface area contributed by atoms with E-state index < -0.39 is 0 Å². The van der Waals surface area contributed by atoms with Crippen LogP contribution in [0.1, 0.15) is 0 Å². The van der Waals surface area contributed by atoms with E-state index in [2.05, 4.69) is 0 Å². The summed E-state index contributed by atoms with van der Waals surface area (Å²) in [5.74, 6) is -0.258. The average molecular weight is 254 g/mol. The fourth-order valence-electron chi connectivity index (χ4n) is 1.25. The molecule has 0 atom stereocenters. The van der Waals surface area contributed by atoms with Gasteiger partial charge in [0.05, 0.1) is 10.7 Å². The summed E-state index contributed by atoms with van der Waals surface area (Å²) in [5, 5.41) is 0.487. The van der Waals surface area contributed by atoms with E-state index in [0.717, 1.165) is 4.90 Å². The third kappa shape index (κ3) is 2.31. The second-order valence-corrected chi connectivity index (χ2v) is 4.68. The largest absolute Gasteiger partial charge is 0.397 e. The zero-order valence-corrected chi connectivity index (χ0v) is 9.86. The van der Waals surface area contributed by atoms with Gasteiger partial charge in [-0.05, 0) is 24.3 Å². The van der Waals surface area contributed by atoms with Crippen molar-refractivity contribution in [2.75, 3.05) is 5.73 Å². The molecule has 0 aliphatic carbocycles. The van der Waals surface area contributed by atoms with Crippen LogP contribution in [-0.2, 0) is 0 Å². The molecule has 2 aromatic rings. The molecule has 2 rings (SSSR count). The number of benzene rings is 2. The van der Waals surface area contributed by atoms with E-state index >= 15 is 0 Å². The van der Waals surface area contributed by atoms with Crippen LogP contribution in [0.4, 0.5) is 10.1 Å². The molecule has 0 aliphatic rings. The molecule has 2 aromatic carbocycles. The Balaban J connectivity index is 2.35. The number of hydrogen-bond donors (Lipinski definition) is 1. The van der Waals surface area contributed by atoms with Gasteiger partial charge >= 0.3 is 0 Å². The molecule has 0 aromatic heterocycles. The smallest absolute Gasteiger partial charge is 0.137 e. The van der Waals surface area contributed by atoms with Crippen molar-refractivity contribution in [2.45, 2.75) is 9.79 Å². The molecular weight excluding hydrogens is 245 g/mol. The Bertz CT molecular complexity index is 516. The van der Waals surface area contributed by atoms with Crippen molar-refractivity contribution >= 4 is 29.1 Å². The summed E-state index contributed by atoms with van der Waals surface area (Å²) < 4.78 is 13.4. The number of hydrogen-bond acceptors (Lipinski definition) is 2. The fourth-order valence-corrected chi connectivity index (χ4v) is 2.40. The second kappa shape index (κ2) is 4.76. The summed E-state index contributed by atoms with van der Waals surface area (Å²) in [7, 11) is 0. The summed E-state index contributed by atoms with van der Waals surface area (Å²) in [4.78, 5) is 1.30. The van der Waals surface area contributed by atoms with E-state index in [1.165, 1.54) is 17.8 Å². The van der Waals surface area contributed by atoms with Crippen LogP contribution in [-0.4, -0.2) is 0 Å². The number of para-hydroxylation sites is 1. The zero-order chi connectivity index (χ0) is 11.5. The molecule has 0 fully saturated rings. The maximum absolute atomic E-state index is 13.4. The molecule has 2 N–H and O–H groups in total. The Labute approximate surface area is 102 Å². The highest BCUT2D eigenvalue weighted by molar-refractivity contribution is 7.99. The molecule has 16 heavy (non-hydrogen) atoms. The highest BCUT2D eigenvalue weighted by Crippen LogP contribution is 2.36. The van der Waals surface area contributed by atoms with Crippen LogP contribution in [0.25, 0.3) is 0 Å². The summed E-state index contributed by atoms with van der Waals surface area (Å²) in [6.45, 7) is 0. The first kappa shape index (κ1) is 11.3. The van der Waals surface area contributed by atoms with Crippen molar-refractivity contribution in [3.05, 3.63) is 53.3 Å². The average Bonchev–Trinajstić information content (AvgIpc) is 2.28. The van der Waals surface area contributed by atoms with Crippen molar-refractivity contribution in [1.29, 1.82) is 0 Å². The summed E-state index contributed by atoms with van der Waals surface area (Å²) in [6.07, 6.45) is 0. The maximum Gasteiger partial charge on any atom is 0.137 e. The van der Waals surface area contributed by atoms with Crippen LogP contribution < -0.4 is 5.73 Å². The van der Waals surface area contributed by atoms with Gasteiger partial charge in [-0.25, -0.2) is 4.39 Å². The molecular formula is C12H9ClFNS. The summed E-state index contributed by atoms with van der Waals surface area (Å²) >= 11 is 7.16. The molecule has 0 heterocycles. The van der Waals surface area contributed by atoms with E-state index in [4.69, 9.17) is 17.3 Å². The Morgan fingerprint density at radius 1 is 1.00 bits per heavy atom. The van der Waals surface area contributed by atoms with E-state index in [1.54, 1.807) is 30.3 Å². The number of rotatable bonds is 2. The van der Waals surface area contributed by atoms with Gasteiger partial charge < -0.3 is 5.73 Å². The monoisotopic (exact) mass is 253 g/mol. The van der Waals surface area contributed by atoms with Crippen LogP contribution in [0.3, 0.4) is 0 Å². The molecule has 0 unspecified atom stereocenters. The van der Waals surface area contributed by atoms with Gasteiger partial charge in [0.1, 0.15) is 5.82 Å².